The molecule has 7 heteroatoms. The summed E-state index contributed by atoms with van der Waals surface area (Å²) in [5, 5.41) is 2.21. The molecule has 0 radical (unpaired) electrons. The van der Waals surface area contributed by atoms with Crippen LogP contribution in [-0.2, 0) is 19.6 Å². The number of nitrogens with zero attached hydrogens (tertiary/aromatic N) is 1. The lowest BCUT2D eigenvalue weighted by molar-refractivity contribution is -0.142. The van der Waals surface area contributed by atoms with Gasteiger partial charge in [0.25, 0.3) is 0 Å². The maximum atomic E-state index is 12.3. The van der Waals surface area contributed by atoms with Crippen molar-refractivity contribution in [2.75, 3.05) is 26.2 Å². The van der Waals surface area contributed by atoms with Crippen LogP contribution in [0, 0.1) is 0 Å². The minimum absolute atomic E-state index is 0.0377. The first-order valence-electron chi connectivity index (χ1n) is 6.45. The number of rotatable bonds is 3. The number of hydrogen-bond donors (Lipinski definition) is 1. The van der Waals surface area contributed by atoms with Gasteiger partial charge in [-0.25, -0.2) is 8.42 Å². The Labute approximate surface area is 108 Å². The van der Waals surface area contributed by atoms with Gasteiger partial charge >= 0.3 is 5.97 Å². The molecule has 0 saturated carbocycles. The van der Waals surface area contributed by atoms with Gasteiger partial charge in [-0.3, -0.25) is 4.79 Å². The van der Waals surface area contributed by atoms with Gasteiger partial charge in [-0.1, -0.05) is 0 Å². The van der Waals surface area contributed by atoms with Crippen molar-refractivity contribution < 1.29 is 17.9 Å². The van der Waals surface area contributed by atoms with Gasteiger partial charge in [-0.05, 0) is 39.3 Å². The van der Waals surface area contributed by atoms with Crippen molar-refractivity contribution in [3.63, 3.8) is 0 Å². The molecular weight excluding hydrogens is 256 g/mol. The van der Waals surface area contributed by atoms with Crippen LogP contribution in [0.15, 0.2) is 0 Å². The fraction of sp³-hybridized carbons (Fsp3) is 0.909. The van der Waals surface area contributed by atoms with Crippen LogP contribution in [0.25, 0.3) is 0 Å². The van der Waals surface area contributed by atoms with Crippen LogP contribution in [0.1, 0.15) is 26.2 Å². The fourth-order valence-corrected chi connectivity index (χ4v) is 4.67. The van der Waals surface area contributed by atoms with E-state index < -0.39 is 21.2 Å². The first kappa shape index (κ1) is 13.8. The van der Waals surface area contributed by atoms with E-state index >= 15 is 0 Å². The van der Waals surface area contributed by atoms with Crippen LogP contribution in [-0.4, -0.2) is 56.2 Å². The lowest BCUT2D eigenvalue weighted by Gasteiger charge is -2.30. The lowest BCUT2D eigenvalue weighted by atomic mass is 10.1. The lowest BCUT2D eigenvalue weighted by Crippen LogP contribution is -2.45. The van der Waals surface area contributed by atoms with Gasteiger partial charge in [-0.15, -0.1) is 0 Å². The van der Waals surface area contributed by atoms with E-state index in [-0.39, 0.29) is 12.6 Å². The first-order chi connectivity index (χ1) is 8.57. The molecule has 0 amide bonds. The van der Waals surface area contributed by atoms with E-state index in [2.05, 4.69) is 5.32 Å². The number of sulfonamides is 1. The van der Waals surface area contributed by atoms with Gasteiger partial charge in [0.15, 0.2) is 5.25 Å². The molecule has 6 nitrogen and oxygen atoms in total. The average Bonchev–Trinajstić information content (AvgIpc) is 2.66. The maximum Gasteiger partial charge on any atom is 0.325 e. The Morgan fingerprint density at radius 3 is 2.61 bits per heavy atom. The van der Waals surface area contributed by atoms with E-state index in [9.17, 15) is 13.2 Å². The molecule has 2 fully saturated rings. The number of nitrogens with one attached hydrogen (secondary N) is 1. The van der Waals surface area contributed by atoms with E-state index in [1.807, 2.05) is 0 Å². The predicted octanol–water partition coefficient (Wildman–Crippen LogP) is -0.294. The molecular formula is C11H20N2O4S. The van der Waals surface area contributed by atoms with Gasteiger partial charge in [0, 0.05) is 12.6 Å². The molecule has 0 aliphatic carbocycles. The van der Waals surface area contributed by atoms with Crippen LogP contribution >= 0.6 is 0 Å². The van der Waals surface area contributed by atoms with Crippen molar-refractivity contribution in [3.05, 3.63) is 0 Å². The van der Waals surface area contributed by atoms with Crippen LogP contribution in [0.4, 0.5) is 0 Å². The summed E-state index contributed by atoms with van der Waals surface area (Å²) in [6.07, 6.45) is 1.98. The third kappa shape index (κ3) is 2.53. The van der Waals surface area contributed by atoms with Gasteiger partial charge in [0.2, 0.25) is 10.0 Å². The normalized spacial score (nSPS) is 29.3. The van der Waals surface area contributed by atoms with Crippen LogP contribution in [0.3, 0.4) is 0 Å². The summed E-state index contributed by atoms with van der Waals surface area (Å²) in [4.78, 5) is 11.6. The summed E-state index contributed by atoms with van der Waals surface area (Å²) >= 11 is 0. The summed E-state index contributed by atoms with van der Waals surface area (Å²) in [5.74, 6) is -0.603. The highest BCUT2D eigenvalue weighted by molar-refractivity contribution is 7.90. The summed E-state index contributed by atoms with van der Waals surface area (Å²) in [6.45, 7) is 4.01. The highest BCUT2D eigenvalue weighted by Gasteiger charge is 2.47. The van der Waals surface area contributed by atoms with Crippen molar-refractivity contribution in [2.24, 2.45) is 0 Å². The van der Waals surface area contributed by atoms with E-state index in [0.717, 1.165) is 25.9 Å². The maximum absolute atomic E-state index is 12.3. The van der Waals surface area contributed by atoms with E-state index in [1.54, 1.807) is 6.92 Å². The quantitative estimate of drug-likeness (QED) is 0.717. The molecule has 2 aliphatic heterocycles. The van der Waals surface area contributed by atoms with Crippen molar-refractivity contribution in [1.29, 1.82) is 0 Å². The number of esters is 1. The SMILES string of the molecule is CCOC(=O)C1CCN(C2CCNCC2)S1(=O)=O. The number of hydrogen-bond acceptors (Lipinski definition) is 5. The summed E-state index contributed by atoms with van der Waals surface area (Å²) < 4.78 is 31.0. The molecule has 1 atom stereocenters. The standard InChI is InChI=1S/C11H20N2O4S/c1-2-17-11(14)10-5-8-13(18(10,15)16)9-3-6-12-7-4-9/h9-10,12H,2-8H2,1H3. The molecule has 1 N–H and O–H groups in total. The predicted molar refractivity (Wildman–Crippen MR) is 66.6 cm³/mol. The molecule has 0 aromatic rings. The average molecular weight is 276 g/mol. The molecule has 1 unspecified atom stereocenters. The number of ether oxygens (including phenoxy) is 1. The molecule has 0 aromatic carbocycles. The largest absolute Gasteiger partial charge is 0.465 e. The van der Waals surface area contributed by atoms with Gasteiger partial charge in [-0.2, -0.15) is 4.31 Å². The summed E-state index contributed by atoms with van der Waals surface area (Å²) in [7, 11) is -3.52. The molecule has 18 heavy (non-hydrogen) atoms. The number of carbonyl (C=O) groups is 1. The van der Waals surface area contributed by atoms with Crippen LogP contribution < -0.4 is 5.32 Å². The summed E-state index contributed by atoms with van der Waals surface area (Å²) in [6, 6.07) is 0.0377. The topological polar surface area (TPSA) is 75.7 Å². The second kappa shape index (κ2) is 5.54. The van der Waals surface area contributed by atoms with E-state index in [0.29, 0.717) is 13.0 Å². The molecule has 2 rings (SSSR count). The molecule has 2 saturated heterocycles. The minimum Gasteiger partial charge on any atom is -0.465 e. The molecule has 0 aromatic heterocycles. The Hall–Kier alpha value is -0.660. The molecule has 2 heterocycles. The smallest absolute Gasteiger partial charge is 0.325 e. The van der Waals surface area contributed by atoms with Crippen molar-refractivity contribution >= 4 is 16.0 Å². The van der Waals surface area contributed by atoms with Gasteiger partial charge in [0.05, 0.1) is 6.61 Å². The monoisotopic (exact) mass is 276 g/mol. The Morgan fingerprint density at radius 1 is 1.33 bits per heavy atom. The zero-order valence-corrected chi connectivity index (χ0v) is 11.4. The molecule has 0 bridgehead atoms. The van der Waals surface area contributed by atoms with Gasteiger partial charge in [0.1, 0.15) is 0 Å². The zero-order valence-electron chi connectivity index (χ0n) is 10.6. The Balaban J connectivity index is 2.09. The van der Waals surface area contributed by atoms with Crippen molar-refractivity contribution in [3.8, 4) is 0 Å². The zero-order chi connectivity index (χ0) is 13.2. The van der Waals surface area contributed by atoms with Crippen LogP contribution in [0.2, 0.25) is 0 Å². The van der Waals surface area contributed by atoms with E-state index in [1.165, 1.54) is 4.31 Å². The Bertz CT molecular complexity index is 403. The third-order valence-electron chi connectivity index (χ3n) is 3.56. The highest BCUT2D eigenvalue weighted by atomic mass is 32.2. The fourth-order valence-electron chi connectivity index (χ4n) is 2.64. The molecule has 2 aliphatic rings. The Morgan fingerprint density at radius 2 is 2.00 bits per heavy atom. The number of carbonyl (C=O) groups excluding carboxylic acids is 1. The van der Waals surface area contributed by atoms with E-state index in [4.69, 9.17) is 4.74 Å². The minimum atomic E-state index is -3.52. The highest BCUT2D eigenvalue weighted by Crippen LogP contribution is 2.28. The van der Waals surface area contributed by atoms with Crippen molar-refractivity contribution in [1.82, 2.24) is 9.62 Å². The second-order valence-corrected chi connectivity index (χ2v) is 6.73. The van der Waals surface area contributed by atoms with Crippen molar-refractivity contribution in [2.45, 2.75) is 37.5 Å². The van der Waals surface area contributed by atoms with Crippen LogP contribution in [0.5, 0.6) is 0 Å². The first-order valence-corrected chi connectivity index (χ1v) is 7.95. The molecule has 104 valence electrons. The molecule has 0 spiro atoms. The summed E-state index contributed by atoms with van der Waals surface area (Å²) in [5.41, 5.74) is 0. The van der Waals surface area contributed by atoms with Gasteiger partial charge < -0.3 is 10.1 Å². The second-order valence-electron chi connectivity index (χ2n) is 4.67. The number of piperidine rings is 1. The Kier molecular flexibility index (Phi) is 4.24. The third-order valence-corrected chi connectivity index (χ3v) is 5.85.